The molecule has 1 aliphatic rings. The summed E-state index contributed by atoms with van der Waals surface area (Å²) in [6, 6.07) is 6.10. The van der Waals surface area contributed by atoms with Crippen LogP contribution in [0.2, 0.25) is 0 Å². The van der Waals surface area contributed by atoms with Gasteiger partial charge in [-0.15, -0.1) is 11.3 Å². The van der Waals surface area contributed by atoms with Crippen LogP contribution in [0, 0.1) is 0 Å². The molecule has 1 aromatic carbocycles. The van der Waals surface area contributed by atoms with E-state index in [9.17, 15) is 0 Å². The number of aromatic nitrogens is 1. The van der Waals surface area contributed by atoms with Gasteiger partial charge in [-0.2, -0.15) is 0 Å². The van der Waals surface area contributed by atoms with Crippen LogP contribution in [0.15, 0.2) is 29.8 Å². The van der Waals surface area contributed by atoms with Gasteiger partial charge in [-0.05, 0) is 24.1 Å². The van der Waals surface area contributed by atoms with Crippen LogP contribution in [0.25, 0.3) is 0 Å². The zero-order chi connectivity index (χ0) is 10.3. The van der Waals surface area contributed by atoms with E-state index in [2.05, 4.69) is 16.0 Å². The van der Waals surface area contributed by atoms with Gasteiger partial charge >= 0.3 is 0 Å². The number of hydrogen-bond donors (Lipinski definition) is 1. The number of rotatable bonds is 1. The third kappa shape index (κ3) is 1.37. The van der Waals surface area contributed by atoms with E-state index in [1.165, 1.54) is 11.3 Å². The number of nitrogen functional groups attached to an aromatic ring is 1. The van der Waals surface area contributed by atoms with Gasteiger partial charge in [0.25, 0.3) is 0 Å². The molecule has 2 N–H and O–H groups in total. The molecule has 0 atom stereocenters. The second-order valence-electron chi connectivity index (χ2n) is 3.60. The molecule has 2 heterocycles. The van der Waals surface area contributed by atoms with Crippen molar-refractivity contribution in [3.8, 4) is 0 Å². The summed E-state index contributed by atoms with van der Waals surface area (Å²) in [4.78, 5) is 6.56. The number of nitrogens with zero attached hydrogens (tertiary/aromatic N) is 2. The summed E-state index contributed by atoms with van der Waals surface area (Å²) in [5.41, 5.74) is 9.19. The van der Waals surface area contributed by atoms with Gasteiger partial charge in [0.05, 0.1) is 0 Å². The van der Waals surface area contributed by atoms with E-state index in [0.717, 1.165) is 23.8 Å². The van der Waals surface area contributed by atoms with Gasteiger partial charge < -0.3 is 10.6 Å². The van der Waals surface area contributed by atoms with Crippen LogP contribution < -0.4 is 10.6 Å². The highest BCUT2D eigenvalue weighted by atomic mass is 32.1. The van der Waals surface area contributed by atoms with E-state index in [1.54, 1.807) is 11.3 Å². The van der Waals surface area contributed by atoms with E-state index in [-0.39, 0.29) is 0 Å². The number of anilines is 3. The average Bonchev–Trinajstić information content (AvgIpc) is 2.83. The van der Waals surface area contributed by atoms with E-state index in [4.69, 9.17) is 5.73 Å². The Morgan fingerprint density at radius 2 is 2.33 bits per heavy atom. The number of thiazole rings is 1. The van der Waals surface area contributed by atoms with Gasteiger partial charge in [0.15, 0.2) is 5.13 Å². The van der Waals surface area contributed by atoms with E-state index >= 15 is 0 Å². The van der Waals surface area contributed by atoms with Crippen LogP contribution in [0.3, 0.4) is 0 Å². The molecule has 0 spiro atoms. The SMILES string of the molecule is Nc1ccc2c(c1)N(c1nccs1)CC2. The molecule has 1 aliphatic heterocycles. The van der Waals surface area contributed by atoms with Gasteiger partial charge in [-0.1, -0.05) is 6.07 Å². The van der Waals surface area contributed by atoms with Crippen LogP contribution in [-0.2, 0) is 6.42 Å². The van der Waals surface area contributed by atoms with Crippen molar-refractivity contribution in [2.24, 2.45) is 0 Å². The Bertz CT molecular complexity index is 479. The summed E-state index contributed by atoms with van der Waals surface area (Å²) in [5.74, 6) is 0. The van der Waals surface area contributed by atoms with Crippen molar-refractivity contribution in [1.29, 1.82) is 0 Å². The highest BCUT2D eigenvalue weighted by Crippen LogP contribution is 2.36. The van der Waals surface area contributed by atoms with Crippen molar-refractivity contribution in [3.63, 3.8) is 0 Å². The Hall–Kier alpha value is -1.55. The molecule has 0 bridgehead atoms. The number of benzene rings is 1. The van der Waals surface area contributed by atoms with Crippen molar-refractivity contribution in [2.45, 2.75) is 6.42 Å². The van der Waals surface area contributed by atoms with Crippen molar-refractivity contribution in [3.05, 3.63) is 35.3 Å². The number of hydrogen-bond acceptors (Lipinski definition) is 4. The zero-order valence-corrected chi connectivity index (χ0v) is 9.00. The predicted octanol–water partition coefficient (Wildman–Crippen LogP) is 2.42. The Morgan fingerprint density at radius 3 is 3.13 bits per heavy atom. The summed E-state index contributed by atoms with van der Waals surface area (Å²) < 4.78 is 0. The highest BCUT2D eigenvalue weighted by molar-refractivity contribution is 7.13. The maximum atomic E-state index is 5.80. The largest absolute Gasteiger partial charge is 0.399 e. The molecular formula is C11H11N3S. The monoisotopic (exact) mass is 217 g/mol. The van der Waals surface area contributed by atoms with Crippen LogP contribution in [0.5, 0.6) is 0 Å². The minimum absolute atomic E-state index is 0.817. The predicted molar refractivity (Wildman–Crippen MR) is 63.7 cm³/mol. The van der Waals surface area contributed by atoms with Gasteiger partial charge in [-0.25, -0.2) is 4.98 Å². The molecule has 1 aromatic heterocycles. The molecule has 0 unspecified atom stereocenters. The van der Waals surface area contributed by atoms with Crippen LogP contribution in [0.1, 0.15) is 5.56 Å². The van der Waals surface area contributed by atoms with E-state index < -0.39 is 0 Å². The molecule has 0 saturated carbocycles. The third-order valence-corrected chi connectivity index (χ3v) is 3.45. The van der Waals surface area contributed by atoms with Crippen LogP contribution in [0.4, 0.5) is 16.5 Å². The first-order valence-corrected chi connectivity index (χ1v) is 5.78. The summed E-state index contributed by atoms with van der Waals surface area (Å²) in [6.07, 6.45) is 2.92. The minimum atomic E-state index is 0.817. The molecular weight excluding hydrogens is 206 g/mol. The lowest BCUT2D eigenvalue weighted by Gasteiger charge is -2.15. The minimum Gasteiger partial charge on any atom is -0.399 e. The van der Waals surface area contributed by atoms with Crippen molar-refractivity contribution in [2.75, 3.05) is 17.2 Å². The molecule has 3 nitrogen and oxygen atoms in total. The normalized spacial score (nSPS) is 14.3. The lowest BCUT2D eigenvalue weighted by atomic mass is 10.1. The first-order chi connectivity index (χ1) is 7.34. The lowest BCUT2D eigenvalue weighted by Crippen LogP contribution is -2.12. The summed E-state index contributed by atoms with van der Waals surface area (Å²) in [6.45, 7) is 1.01. The van der Waals surface area contributed by atoms with Crippen molar-refractivity contribution < 1.29 is 0 Å². The smallest absolute Gasteiger partial charge is 0.189 e. The lowest BCUT2D eigenvalue weighted by molar-refractivity contribution is 0.990. The summed E-state index contributed by atoms with van der Waals surface area (Å²) in [7, 11) is 0. The van der Waals surface area contributed by atoms with Gasteiger partial charge in [-0.3, -0.25) is 0 Å². The molecule has 76 valence electrons. The Kier molecular flexibility index (Phi) is 1.89. The molecule has 15 heavy (non-hydrogen) atoms. The van der Waals surface area contributed by atoms with Crippen molar-refractivity contribution in [1.82, 2.24) is 4.98 Å². The standard InChI is InChI=1S/C11H11N3S/c12-9-2-1-8-3-5-14(10(8)7-9)11-13-4-6-15-11/h1-2,4,6-7H,3,5,12H2. The molecule has 0 aliphatic carbocycles. The molecule has 3 rings (SSSR count). The van der Waals surface area contributed by atoms with Gasteiger partial charge in [0, 0.05) is 29.5 Å². The fourth-order valence-corrected chi connectivity index (χ4v) is 2.63. The Labute approximate surface area is 92.2 Å². The van der Waals surface area contributed by atoms with E-state index in [1.807, 2.05) is 23.7 Å². The molecule has 2 aromatic rings. The maximum absolute atomic E-state index is 5.80. The quantitative estimate of drug-likeness (QED) is 0.746. The van der Waals surface area contributed by atoms with Gasteiger partial charge in [0.2, 0.25) is 0 Å². The fourth-order valence-electron chi connectivity index (χ4n) is 1.94. The van der Waals surface area contributed by atoms with Crippen LogP contribution in [-0.4, -0.2) is 11.5 Å². The molecule has 0 fully saturated rings. The average molecular weight is 217 g/mol. The molecule has 0 saturated heterocycles. The Balaban J connectivity index is 2.08. The first-order valence-electron chi connectivity index (χ1n) is 4.90. The topological polar surface area (TPSA) is 42.1 Å². The summed E-state index contributed by atoms with van der Waals surface area (Å²) in [5, 5.41) is 3.05. The maximum Gasteiger partial charge on any atom is 0.189 e. The fraction of sp³-hybridized carbons (Fsp3) is 0.182. The molecule has 4 heteroatoms. The third-order valence-electron chi connectivity index (χ3n) is 2.66. The number of nitrogens with two attached hydrogens (primary N) is 1. The van der Waals surface area contributed by atoms with Crippen molar-refractivity contribution >= 4 is 27.8 Å². The Morgan fingerprint density at radius 1 is 1.40 bits per heavy atom. The number of fused-ring (bicyclic) bond motifs is 1. The van der Waals surface area contributed by atoms with Crippen LogP contribution >= 0.6 is 11.3 Å². The summed E-state index contributed by atoms with van der Waals surface area (Å²) >= 11 is 1.66. The zero-order valence-electron chi connectivity index (χ0n) is 8.18. The first kappa shape index (κ1) is 8.73. The second-order valence-corrected chi connectivity index (χ2v) is 4.48. The van der Waals surface area contributed by atoms with E-state index in [0.29, 0.717) is 0 Å². The second kappa shape index (κ2) is 3.24. The molecule has 0 amide bonds. The molecule has 0 radical (unpaired) electrons. The van der Waals surface area contributed by atoms with Gasteiger partial charge in [0.1, 0.15) is 0 Å². The highest BCUT2D eigenvalue weighted by Gasteiger charge is 2.21.